The van der Waals surface area contributed by atoms with Gasteiger partial charge in [-0.05, 0) is 35.4 Å². The molecule has 1 N–H and O–H groups in total. The van der Waals surface area contributed by atoms with E-state index in [0.29, 0.717) is 5.02 Å². The molecule has 0 spiro atoms. The molecule has 4 nitrogen and oxygen atoms in total. The number of amides is 1. The second-order valence-corrected chi connectivity index (χ2v) is 5.13. The van der Waals surface area contributed by atoms with Crippen molar-refractivity contribution >= 4 is 29.2 Å². The average molecular weight is 328 g/mol. The molecule has 2 aliphatic carbocycles. The number of nitrogens with one attached hydrogen (secondary N) is 1. The van der Waals surface area contributed by atoms with Crippen molar-refractivity contribution in [1.29, 1.82) is 0 Å². The van der Waals surface area contributed by atoms with Gasteiger partial charge in [-0.2, -0.15) is 0 Å². The minimum Gasteiger partial charge on any atom is -0.465 e. The standard InChI is InChI=1S/C12H10ClNO3.C6H4/c1-3-4-11(15)14-10-7-8(13)5-6-9(10)12(16)17-2;1-2-5-4-6(5)3-1/h1,5-7H,4H2,2H3,(H,14,15);1-4H. The van der Waals surface area contributed by atoms with Gasteiger partial charge in [0.15, 0.2) is 0 Å². The van der Waals surface area contributed by atoms with Crippen molar-refractivity contribution in [3.05, 3.63) is 53.1 Å². The third kappa shape index (κ3) is 4.60. The molecular weight excluding hydrogens is 314 g/mol. The minimum atomic E-state index is -0.558. The molecular formula is C18H14ClNO3. The zero-order valence-corrected chi connectivity index (χ0v) is 13.2. The quantitative estimate of drug-likeness (QED) is 0.588. The fourth-order valence-corrected chi connectivity index (χ4v) is 2.04. The lowest BCUT2D eigenvalue weighted by molar-refractivity contribution is -0.115. The van der Waals surface area contributed by atoms with Gasteiger partial charge in [0, 0.05) is 5.02 Å². The second kappa shape index (κ2) is 7.48. The van der Waals surface area contributed by atoms with Gasteiger partial charge in [0.2, 0.25) is 5.91 Å². The molecule has 1 aromatic rings. The molecule has 0 heterocycles. The summed E-state index contributed by atoms with van der Waals surface area (Å²) >= 11 is 5.78. The highest BCUT2D eigenvalue weighted by molar-refractivity contribution is 6.31. The molecule has 23 heavy (non-hydrogen) atoms. The van der Waals surface area contributed by atoms with Crippen LogP contribution in [0.3, 0.4) is 0 Å². The normalized spacial score (nSPS) is 9.78. The summed E-state index contributed by atoms with van der Waals surface area (Å²) in [7, 11) is 1.25. The topological polar surface area (TPSA) is 55.4 Å². The van der Waals surface area contributed by atoms with Crippen molar-refractivity contribution in [3.8, 4) is 23.5 Å². The molecule has 116 valence electrons. The number of halogens is 1. The van der Waals surface area contributed by atoms with E-state index in [0.717, 1.165) is 0 Å². The van der Waals surface area contributed by atoms with Gasteiger partial charge in [0.1, 0.15) is 0 Å². The van der Waals surface area contributed by atoms with Crippen molar-refractivity contribution in [1.82, 2.24) is 0 Å². The van der Waals surface area contributed by atoms with E-state index in [-0.39, 0.29) is 23.6 Å². The van der Waals surface area contributed by atoms with Gasteiger partial charge in [0.25, 0.3) is 0 Å². The maximum absolute atomic E-state index is 11.4. The van der Waals surface area contributed by atoms with Crippen molar-refractivity contribution in [2.24, 2.45) is 0 Å². The molecule has 0 radical (unpaired) electrons. The highest BCUT2D eigenvalue weighted by atomic mass is 35.5. The number of carbonyl (C=O) groups excluding carboxylic acids is 2. The predicted octanol–water partition coefficient (Wildman–Crippen LogP) is 3.76. The maximum Gasteiger partial charge on any atom is 0.339 e. The van der Waals surface area contributed by atoms with Gasteiger partial charge in [0.05, 0.1) is 24.8 Å². The van der Waals surface area contributed by atoms with Crippen LogP contribution in [0, 0.1) is 12.3 Å². The van der Waals surface area contributed by atoms with E-state index in [1.807, 2.05) is 0 Å². The first kappa shape index (κ1) is 16.6. The molecule has 0 saturated carbocycles. The molecule has 3 rings (SSSR count). The monoisotopic (exact) mass is 327 g/mol. The Labute approximate surface area is 139 Å². The first-order valence-corrected chi connectivity index (χ1v) is 7.14. The summed E-state index contributed by atoms with van der Waals surface area (Å²) in [5, 5.41) is 2.90. The number of anilines is 1. The summed E-state index contributed by atoms with van der Waals surface area (Å²) in [6, 6.07) is 12.9. The van der Waals surface area contributed by atoms with Crippen LogP contribution in [-0.2, 0) is 9.53 Å². The van der Waals surface area contributed by atoms with E-state index >= 15 is 0 Å². The largest absolute Gasteiger partial charge is 0.465 e. The Morgan fingerprint density at radius 1 is 1.22 bits per heavy atom. The van der Waals surface area contributed by atoms with Crippen LogP contribution >= 0.6 is 11.6 Å². The van der Waals surface area contributed by atoms with Crippen LogP contribution in [-0.4, -0.2) is 19.0 Å². The molecule has 0 atom stereocenters. The first-order chi connectivity index (χ1) is 11.0. The molecule has 1 amide bonds. The molecule has 1 aromatic carbocycles. The van der Waals surface area contributed by atoms with Crippen LogP contribution < -0.4 is 5.32 Å². The zero-order chi connectivity index (χ0) is 16.8. The molecule has 0 fully saturated rings. The third-order valence-corrected chi connectivity index (χ3v) is 3.27. The zero-order valence-electron chi connectivity index (χ0n) is 12.4. The van der Waals surface area contributed by atoms with E-state index in [4.69, 9.17) is 18.0 Å². The highest BCUT2D eigenvalue weighted by Crippen LogP contribution is 2.32. The van der Waals surface area contributed by atoms with E-state index in [1.165, 1.54) is 36.4 Å². The lowest BCUT2D eigenvalue weighted by Gasteiger charge is -2.09. The summed E-state index contributed by atoms with van der Waals surface area (Å²) in [5.41, 5.74) is 3.36. The summed E-state index contributed by atoms with van der Waals surface area (Å²) in [5.74, 6) is 1.26. The molecule has 2 aliphatic rings. The minimum absolute atomic E-state index is 0.0763. The van der Waals surface area contributed by atoms with Crippen molar-refractivity contribution < 1.29 is 14.3 Å². The predicted molar refractivity (Wildman–Crippen MR) is 90.3 cm³/mol. The van der Waals surface area contributed by atoms with Gasteiger partial charge < -0.3 is 10.1 Å². The molecule has 0 bridgehead atoms. The van der Waals surface area contributed by atoms with Gasteiger partial charge in [-0.15, -0.1) is 6.42 Å². The number of terminal acetylenes is 1. The Morgan fingerprint density at radius 2 is 1.91 bits per heavy atom. The summed E-state index contributed by atoms with van der Waals surface area (Å²) in [6.45, 7) is 0. The van der Waals surface area contributed by atoms with Crippen LogP contribution in [0.1, 0.15) is 16.8 Å². The van der Waals surface area contributed by atoms with E-state index in [1.54, 1.807) is 0 Å². The van der Waals surface area contributed by atoms with Crippen LogP contribution in [0.4, 0.5) is 5.69 Å². The van der Waals surface area contributed by atoms with Crippen molar-refractivity contribution in [2.45, 2.75) is 6.42 Å². The van der Waals surface area contributed by atoms with E-state index in [2.05, 4.69) is 40.2 Å². The summed E-state index contributed by atoms with van der Waals surface area (Å²) in [6.07, 6.45) is 4.93. The number of ether oxygens (including phenoxy) is 1. The lowest BCUT2D eigenvalue weighted by atomic mass is 10.1. The first-order valence-electron chi connectivity index (χ1n) is 6.76. The van der Waals surface area contributed by atoms with Crippen LogP contribution in [0.5, 0.6) is 0 Å². The molecule has 0 saturated heterocycles. The molecule has 0 aromatic heterocycles. The van der Waals surface area contributed by atoms with Gasteiger partial charge in [-0.1, -0.05) is 35.7 Å². The number of carbonyl (C=O) groups is 2. The number of rotatable bonds is 3. The number of hydrogen-bond donors (Lipinski definition) is 1. The van der Waals surface area contributed by atoms with Crippen LogP contribution in [0.2, 0.25) is 5.02 Å². The Balaban J connectivity index is 0.000000260. The van der Waals surface area contributed by atoms with Gasteiger partial charge in [-0.3, -0.25) is 4.79 Å². The smallest absolute Gasteiger partial charge is 0.339 e. The second-order valence-electron chi connectivity index (χ2n) is 4.69. The van der Waals surface area contributed by atoms with Gasteiger partial charge >= 0.3 is 5.97 Å². The van der Waals surface area contributed by atoms with Crippen molar-refractivity contribution in [3.63, 3.8) is 0 Å². The number of methoxy groups -OCH3 is 1. The fourth-order valence-electron chi connectivity index (χ4n) is 1.87. The van der Waals surface area contributed by atoms with E-state index in [9.17, 15) is 9.59 Å². The maximum atomic E-state index is 11.4. The molecule has 5 heteroatoms. The van der Waals surface area contributed by atoms with Gasteiger partial charge in [-0.25, -0.2) is 4.79 Å². The molecule has 0 unspecified atom stereocenters. The summed E-state index contributed by atoms with van der Waals surface area (Å²) in [4.78, 5) is 22.8. The SMILES string of the molecule is C#CCC(=O)Nc1cc(Cl)ccc1C(=O)OC.c1cc2cc-2c1. The fraction of sp³-hybridized carbons (Fsp3) is 0.111. The lowest BCUT2D eigenvalue weighted by Crippen LogP contribution is -2.14. The van der Waals surface area contributed by atoms with E-state index < -0.39 is 5.97 Å². The molecule has 0 aliphatic heterocycles. The third-order valence-electron chi connectivity index (χ3n) is 3.04. The number of benzene rings is 2. The van der Waals surface area contributed by atoms with Crippen LogP contribution in [0.25, 0.3) is 11.1 Å². The number of hydrogen-bond acceptors (Lipinski definition) is 3. The van der Waals surface area contributed by atoms with Crippen molar-refractivity contribution in [2.75, 3.05) is 12.4 Å². The number of fused-ring (bicyclic) bond motifs is 1. The highest BCUT2D eigenvalue weighted by Gasteiger charge is 2.13. The Kier molecular flexibility index (Phi) is 5.40. The Bertz CT molecular complexity index is 776. The average Bonchev–Trinajstić information content (AvgIpc) is 3.13. The number of esters is 1. The Morgan fingerprint density at radius 3 is 2.39 bits per heavy atom. The van der Waals surface area contributed by atoms with Crippen LogP contribution in [0.15, 0.2) is 42.5 Å². The Hall–Kier alpha value is -2.77. The summed E-state index contributed by atoms with van der Waals surface area (Å²) < 4.78 is 4.58.